The molecule has 40 heavy (non-hydrogen) atoms. The molecule has 1 heterocycles. The summed E-state index contributed by atoms with van der Waals surface area (Å²) in [7, 11) is 2.84. The SMILES string of the molecule is CCCCCCCCCCCCCNC(=O)N[C@H]1CN(C(=O)CNC(=O)c2ccc(C(=O)OC)cc2)C[C@@H]1OC. The Labute approximate surface area is 238 Å². The molecule has 4 amide bonds. The van der Waals surface area contributed by atoms with Crippen LogP contribution in [0.2, 0.25) is 0 Å². The number of rotatable bonds is 18. The highest BCUT2D eigenvalue weighted by molar-refractivity contribution is 5.97. The number of hydrogen-bond donors (Lipinski definition) is 3. The molecule has 0 aliphatic carbocycles. The fourth-order valence-electron chi connectivity index (χ4n) is 4.81. The Morgan fingerprint density at radius 2 is 1.38 bits per heavy atom. The van der Waals surface area contributed by atoms with E-state index in [-0.39, 0.29) is 30.6 Å². The summed E-state index contributed by atoms with van der Waals surface area (Å²) in [5, 5.41) is 8.43. The van der Waals surface area contributed by atoms with Crippen LogP contribution in [0.3, 0.4) is 0 Å². The van der Waals surface area contributed by atoms with Gasteiger partial charge in [0, 0.05) is 32.3 Å². The first-order valence-corrected chi connectivity index (χ1v) is 14.7. The van der Waals surface area contributed by atoms with Crippen molar-refractivity contribution in [2.24, 2.45) is 0 Å². The first-order valence-electron chi connectivity index (χ1n) is 14.7. The van der Waals surface area contributed by atoms with Crippen molar-refractivity contribution in [2.45, 2.75) is 89.7 Å². The van der Waals surface area contributed by atoms with E-state index in [1.165, 1.54) is 89.2 Å². The van der Waals surface area contributed by atoms with Crippen LogP contribution in [-0.4, -0.2) is 81.3 Å². The third kappa shape index (κ3) is 11.9. The molecule has 0 spiro atoms. The second-order valence-electron chi connectivity index (χ2n) is 10.4. The normalized spacial score (nSPS) is 16.4. The predicted molar refractivity (Wildman–Crippen MR) is 154 cm³/mol. The van der Waals surface area contributed by atoms with E-state index < -0.39 is 11.9 Å². The van der Waals surface area contributed by atoms with Gasteiger partial charge < -0.3 is 30.3 Å². The highest BCUT2D eigenvalue weighted by Gasteiger charge is 2.36. The third-order valence-corrected chi connectivity index (χ3v) is 7.27. The first-order chi connectivity index (χ1) is 19.4. The largest absolute Gasteiger partial charge is 0.465 e. The standard InChI is InChI=1S/C30H48N4O6/c1-4-5-6-7-8-9-10-11-12-13-14-19-31-30(38)33-25-21-34(22-26(25)39-2)27(35)20-32-28(36)23-15-17-24(18-16-23)29(37)40-3/h15-18,25-26H,4-14,19-22H2,1-3H3,(H,32,36)(H2,31,33,38)/t25-,26-/m0/s1. The van der Waals surface area contributed by atoms with Crippen molar-refractivity contribution in [1.82, 2.24) is 20.9 Å². The molecule has 2 atom stereocenters. The highest BCUT2D eigenvalue weighted by Crippen LogP contribution is 2.14. The Morgan fingerprint density at radius 3 is 1.95 bits per heavy atom. The second kappa shape index (κ2) is 19.0. The quantitative estimate of drug-likeness (QED) is 0.184. The number of hydrogen-bond acceptors (Lipinski definition) is 6. The Bertz CT molecular complexity index is 923. The summed E-state index contributed by atoms with van der Waals surface area (Å²) < 4.78 is 10.1. The molecule has 0 radical (unpaired) electrons. The van der Waals surface area contributed by atoms with Gasteiger partial charge in [0.15, 0.2) is 0 Å². The summed E-state index contributed by atoms with van der Waals surface area (Å²) in [5.41, 5.74) is 0.657. The maximum Gasteiger partial charge on any atom is 0.337 e. The summed E-state index contributed by atoms with van der Waals surface area (Å²) in [6, 6.07) is 5.37. The number of nitrogens with zero attached hydrogens (tertiary/aromatic N) is 1. The van der Waals surface area contributed by atoms with Crippen LogP contribution in [0.15, 0.2) is 24.3 Å². The molecule has 0 saturated carbocycles. The van der Waals surface area contributed by atoms with E-state index in [1.807, 2.05) is 0 Å². The van der Waals surface area contributed by atoms with Gasteiger partial charge in [-0.15, -0.1) is 0 Å². The van der Waals surface area contributed by atoms with Crippen molar-refractivity contribution < 1.29 is 28.7 Å². The molecule has 0 aromatic heterocycles. The zero-order valence-electron chi connectivity index (χ0n) is 24.5. The zero-order chi connectivity index (χ0) is 29.2. The topological polar surface area (TPSA) is 126 Å². The number of ether oxygens (including phenoxy) is 2. The molecule has 1 aromatic carbocycles. The molecule has 0 unspecified atom stereocenters. The summed E-state index contributed by atoms with van der Waals surface area (Å²) in [6.45, 7) is 3.29. The van der Waals surface area contributed by atoms with Crippen LogP contribution in [0.25, 0.3) is 0 Å². The average molecular weight is 561 g/mol. The van der Waals surface area contributed by atoms with Gasteiger partial charge in [-0.3, -0.25) is 9.59 Å². The highest BCUT2D eigenvalue weighted by atomic mass is 16.5. The number of carbonyl (C=O) groups is 4. The van der Waals surface area contributed by atoms with Gasteiger partial charge in [0.05, 0.1) is 31.4 Å². The van der Waals surface area contributed by atoms with Gasteiger partial charge in [-0.25, -0.2) is 9.59 Å². The number of unbranched alkanes of at least 4 members (excludes halogenated alkanes) is 10. The second-order valence-corrected chi connectivity index (χ2v) is 10.4. The number of methoxy groups -OCH3 is 2. The molecule has 1 saturated heterocycles. The molecule has 3 N–H and O–H groups in total. The minimum Gasteiger partial charge on any atom is -0.465 e. The van der Waals surface area contributed by atoms with E-state index in [2.05, 4.69) is 27.6 Å². The van der Waals surface area contributed by atoms with E-state index in [0.717, 1.165) is 12.8 Å². The number of carbonyl (C=O) groups excluding carboxylic acids is 4. The van der Waals surface area contributed by atoms with Gasteiger partial charge in [0.1, 0.15) is 0 Å². The maximum absolute atomic E-state index is 12.7. The monoisotopic (exact) mass is 560 g/mol. The predicted octanol–water partition coefficient (Wildman–Crippen LogP) is 4.04. The fourth-order valence-corrected chi connectivity index (χ4v) is 4.81. The van der Waals surface area contributed by atoms with Crippen LogP contribution >= 0.6 is 0 Å². The lowest BCUT2D eigenvalue weighted by Gasteiger charge is -2.18. The number of likely N-dealkylation sites (tertiary alicyclic amines) is 1. The van der Waals surface area contributed by atoms with E-state index in [4.69, 9.17) is 4.74 Å². The summed E-state index contributed by atoms with van der Waals surface area (Å²) >= 11 is 0. The van der Waals surface area contributed by atoms with Crippen LogP contribution in [0, 0.1) is 0 Å². The molecular formula is C30H48N4O6. The summed E-state index contributed by atoms with van der Waals surface area (Å²) in [6.07, 6.45) is 13.5. The van der Waals surface area contributed by atoms with Crippen LogP contribution in [0.4, 0.5) is 4.79 Å². The van der Waals surface area contributed by atoms with E-state index >= 15 is 0 Å². The Balaban J connectivity index is 1.62. The fraction of sp³-hybridized carbons (Fsp3) is 0.667. The van der Waals surface area contributed by atoms with Crippen LogP contribution in [0.1, 0.15) is 98.3 Å². The van der Waals surface area contributed by atoms with Gasteiger partial charge in [0.25, 0.3) is 5.91 Å². The summed E-state index contributed by atoms with van der Waals surface area (Å²) in [4.78, 5) is 50.7. The molecule has 1 aliphatic heterocycles. The van der Waals surface area contributed by atoms with Gasteiger partial charge >= 0.3 is 12.0 Å². The van der Waals surface area contributed by atoms with Crippen LogP contribution in [0.5, 0.6) is 0 Å². The Morgan fingerprint density at radius 1 is 0.800 bits per heavy atom. The average Bonchev–Trinajstić information content (AvgIpc) is 3.38. The summed E-state index contributed by atoms with van der Waals surface area (Å²) in [5.74, 6) is -1.19. The number of nitrogens with one attached hydrogen (secondary N) is 3. The molecule has 10 heteroatoms. The molecule has 224 valence electrons. The van der Waals surface area contributed by atoms with Gasteiger partial charge in [-0.1, -0.05) is 71.1 Å². The number of benzene rings is 1. The van der Waals surface area contributed by atoms with Gasteiger partial charge in [-0.2, -0.15) is 0 Å². The Kier molecular flexibility index (Phi) is 15.7. The molecule has 1 aliphatic rings. The molecule has 1 aromatic rings. The van der Waals surface area contributed by atoms with E-state index in [9.17, 15) is 19.2 Å². The van der Waals surface area contributed by atoms with Crippen LogP contribution in [-0.2, 0) is 14.3 Å². The van der Waals surface area contributed by atoms with Gasteiger partial charge in [-0.05, 0) is 30.7 Å². The van der Waals surface area contributed by atoms with E-state index in [0.29, 0.717) is 30.8 Å². The van der Waals surface area contributed by atoms with Crippen molar-refractivity contribution >= 4 is 23.8 Å². The van der Waals surface area contributed by atoms with Crippen molar-refractivity contribution in [3.63, 3.8) is 0 Å². The van der Waals surface area contributed by atoms with Crippen molar-refractivity contribution in [3.8, 4) is 0 Å². The number of amides is 4. The maximum atomic E-state index is 12.7. The molecule has 2 rings (SSSR count). The molecular weight excluding hydrogens is 512 g/mol. The van der Waals surface area contributed by atoms with E-state index in [1.54, 1.807) is 12.0 Å². The van der Waals surface area contributed by atoms with Crippen molar-refractivity contribution in [1.29, 1.82) is 0 Å². The van der Waals surface area contributed by atoms with Crippen molar-refractivity contribution in [3.05, 3.63) is 35.4 Å². The molecule has 0 bridgehead atoms. The molecule has 10 nitrogen and oxygen atoms in total. The minimum absolute atomic E-state index is 0.189. The number of esters is 1. The first kappa shape index (κ1) is 33.1. The molecule has 1 fully saturated rings. The smallest absolute Gasteiger partial charge is 0.337 e. The number of urea groups is 1. The lowest BCUT2D eigenvalue weighted by molar-refractivity contribution is -0.129. The Hall–Kier alpha value is -3.14. The zero-order valence-corrected chi connectivity index (χ0v) is 24.5. The lowest BCUT2D eigenvalue weighted by Crippen LogP contribution is -2.48. The van der Waals surface area contributed by atoms with Gasteiger partial charge in [0.2, 0.25) is 5.91 Å². The third-order valence-electron chi connectivity index (χ3n) is 7.27. The minimum atomic E-state index is -0.491. The van der Waals surface area contributed by atoms with Crippen molar-refractivity contribution in [2.75, 3.05) is 40.4 Å². The lowest BCUT2D eigenvalue weighted by atomic mass is 10.1. The van der Waals surface area contributed by atoms with Crippen LogP contribution < -0.4 is 16.0 Å².